The highest BCUT2D eigenvalue weighted by Gasteiger charge is 2.18. The highest BCUT2D eigenvalue weighted by molar-refractivity contribution is 7.18. The molecule has 0 aliphatic rings. The van der Waals surface area contributed by atoms with Crippen molar-refractivity contribution in [2.24, 2.45) is 7.05 Å². The molecule has 36 heavy (non-hydrogen) atoms. The molecule has 4 heterocycles. The third-order valence-electron chi connectivity index (χ3n) is 4.97. The van der Waals surface area contributed by atoms with Crippen molar-refractivity contribution in [2.45, 2.75) is 0 Å². The summed E-state index contributed by atoms with van der Waals surface area (Å²) in [6, 6.07) is 14.6. The van der Waals surface area contributed by atoms with Crippen molar-refractivity contribution in [2.75, 3.05) is 17.7 Å². The lowest BCUT2D eigenvalue weighted by molar-refractivity contribution is 0.418. The number of tetrazole rings is 1. The van der Waals surface area contributed by atoms with Crippen molar-refractivity contribution in [3.63, 3.8) is 0 Å². The maximum absolute atomic E-state index is 9.15. The van der Waals surface area contributed by atoms with Crippen LogP contribution >= 0.6 is 22.9 Å². The van der Waals surface area contributed by atoms with Gasteiger partial charge < -0.3 is 15.4 Å². The van der Waals surface area contributed by atoms with Crippen LogP contribution in [0.15, 0.2) is 54.9 Å². The fourth-order valence-electron chi connectivity index (χ4n) is 3.44. The molecule has 11 nitrogen and oxygen atoms in total. The molecule has 0 fully saturated rings. The van der Waals surface area contributed by atoms with Crippen LogP contribution in [0.3, 0.4) is 0 Å². The summed E-state index contributed by atoms with van der Waals surface area (Å²) in [4.78, 5) is 14.6. The minimum atomic E-state index is 0.298. The van der Waals surface area contributed by atoms with E-state index in [1.807, 2.05) is 30.3 Å². The third-order valence-corrected chi connectivity index (χ3v) is 6.12. The van der Waals surface area contributed by atoms with Crippen LogP contribution in [0.4, 0.5) is 23.0 Å². The number of nitriles is 1. The van der Waals surface area contributed by atoms with Gasteiger partial charge in [-0.2, -0.15) is 10.1 Å². The second-order valence-corrected chi connectivity index (χ2v) is 9.01. The second-order valence-electron chi connectivity index (χ2n) is 7.34. The van der Waals surface area contributed by atoms with Gasteiger partial charge in [-0.15, -0.1) is 21.5 Å². The second kappa shape index (κ2) is 9.95. The molecule has 5 rings (SSSR count). The Balaban J connectivity index is 1.56. The minimum Gasteiger partial charge on any atom is -0.494 e. The molecule has 0 saturated heterocycles. The molecule has 0 amide bonds. The first-order valence-electron chi connectivity index (χ1n) is 10.5. The monoisotopic (exact) mass is 516 g/mol. The standard InChI is InChI=1S/C23H17ClN10OS/c1-34-32-22(31-33-34)14-6-4-7-16(21(14)35-2)29-17-9-20(30-19-8-3-5-13(10-25)28-19)26-11-15(17)23-27-12-18(24)36-23/h3-9,11-12H,1-2H3,(H2,26,28,29,30). The van der Waals surface area contributed by atoms with Gasteiger partial charge in [0.15, 0.2) is 5.75 Å². The predicted molar refractivity (Wildman–Crippen MR) is 137 cm³/mol. The Morgan fingerprint density at radius 2 is 1.89 bits per heavy atom. The summed E-state index contributed by atoms with van der Waals surface area (Å²) in [5, 5.41) is 28.7. The van der Waals surface area contributed by atoms with E-state index in [1.165, 1.54) is 16.1 Å². The highest BCUT2D eigenvalue weighted by atomic mass is 35.5. The number of methoxy groups -OCH3 is 1. The normalized spacial score (nSPS) is 10.6. The van der Waals surface area contributed by atoms with Crippen molar-refractivity contribution in [1.82, 2.24) is 35.2 Å². The number of halogens is 1. The van der Waals surface area contributed by atoms with E-state index >= 15 is 0 Å². The molecule has 0 spiro atoms. The number of nitrogens with zero attached hydrogens (tertiary/aromatic N) is 8. The lowest BCUT2D eigenvalue weighted by atomic mass is 10.1. The molecule has 0 aliphatic heterocycles. The highest BCUT2D eigenvalue weighted by Crippen LogP contribution is 2.40. The minimum absolute atomic E-state index is 0.298. The van der Waals surface area contributed by atoms with Gasteiger partial charge in [-0.1, -0.05) is 23.7 Å². The molecule has 0 aliphatic carbocycles. The number of hydrogen-bond donors (Lipinski definition) is 2. The van der Waals surface area contributed by atoms with Gasteiger partial charge in [0.2, 0.25) is 5.82 Å². The molecule has 0 atom stereocenters. The average molecular weight is 517 g/mol. The Labute approximate surface area is 214 Å². The smallest absolute Gasteiger partial charge is 0.208 e. The van der Waals surface area contributed by atoms with E-state index in [4.69, 9.17) is 21.6 Å². The van der Waals surface area contributed by atoms with Gasteiger partial charge in [-0.25, -0.2) is 15.0 Å². The SMILES string of the molecule is COc1c(Nc2cc(Nc3cccc(C#N)n3)ncc2-c2ncc(Cl)s2)cccc1-c1nnn(C)n1. The van der Waals surface area contributed by atoms with Gasteiger partial charge in [0.25, 0.3) is 0 Å². The van der Waals surface area contributed by atoms with E-state index in [2.05, 4.69) is 41.0 Å². The average Bonchev–Trinajstić information content (AvgIpc) is 3.52. The van der Waals surface area contributed by atoms with Crippen LogP contribution in [0, 0.1) is 11.3 Å². The fraction of sp³-hybridized carbons (Fsp3) is 0.0870. The topological polar surface area (TPSA) is 139 Å². The van der Waals surface area contributed by atoms with Gasteiger partial charge in [0.1, 0.15) is 32.7 Å². The number of ether oxygens (including phenoxy) is 1. The lowest BCUT2D eigenvalue weighted by Crippen LogP contribution is -2.02. The van der Waals surface area contributed by atoms with Gasteiger partial charge in [0.05, 0.1) is 42.9 Å². The number of aromatic nitrogens is 7. The number of thiazole rings is 1. The maximum Gasteiger partial charge on any atom is 0.208 e. The van der Waals surface area contributed by atoms with Crippen molar-refractivity contribution in [3.05, 3.63) is 64.9 Å². The Morgan fingerprint density at radius 3 is 2.61 bits per heavy atom. The number of nitrogens with one attached hydrogen (secondary N) is 2. The molecule has 0 unspecified atom stereocenters. The molecular formula is C23H17ClN10OS. The van der Waals surface area contributed by atoms with Crippen molar-refractivity contribution in [1.29, 1.82) is 5.26 Å². The van der Waals surface area contributed by atoms with E-state index in [9.17, 15) is 0 Å². The predicted octanol–water partition coefficient (Wildman–Crippen LogP) is 4.81. The Hall–Kier alpha value is -4.60. The zero-order chi connectivity index (χ0) is 25.1. The molecule has 13 heteroatoms. The molecule has 0 bridgehead atoms. The van der Waals surface area contributed by atoms with Crippen LogP contribution in [-0.2, 0) is 7.05 Å². The summed E-state index contributed by atoms with van der Waals surface area (Å²) in [5.74, 6) is 1.98. The van der Waals surface area contributed by atoms with E-state index in [1.54, 1.807) is 44.8 Å². The number of rotatable bonds is 7. The molecular weight excluding hydrogens is 500 g/mol. The van der Waals surface area contributed by atoms with E-state index in [0.29, 0.717) is 55.2 Å². The largest absolute Gasteiger partial charge is 0.494 e. The van der Waals surface area contributed by atoms with Crippen LogP contribution in [0.5, 0.6) is 5.75 Å². The fourth-order valence-corrected chi connectivity index (χ4v) is 4.38. The van der Waals surface area contributed by atoms with Crippen LogP contribution in [0.1, 0.15) is 5.69 Å². The molecule has 178 valence electrons. The van der Waals surface area contributed by atoms with Crippen molar-refractivity contribution >= 4 is 45.9 Å². The number of pyridine rings is 2. The lowest BCUT2D eigenvalue weighted by Gasteiger charge is -2.16. The van der Waals surface area contributed by atoms with Crippen molar-refractivity contribution < 1.29 is 4.74 Å². The molecule has 0 radical (unpaired) electrons. The molecule has 1 aromatic carbocycles. The zero-order valence-electron chi connectivity index (χ0n) is 19.0. The molecule has 5 aromatic rings. The summed E-state index contributed by atoms with van der Waals surface area (Å²) in [6.45, 7) is 0. The first kappa shape index (κ1) is 23.2. The van der Waals surface area contributed by atoms with E-state index < -0.39 is 0 Å². The summed E-state index contributed by atoms with van der Waals surface area (Å²) in [7, 11) is 3.28. The molecule has 4 aromatic heterocycles. The van der Waals surface area contributed by atoms with Crippen LogP contribution in [0.2, 0.25) is 4.34 Å². The quantitative estimate of drug-likeness (QED) is 0.309. The van der Waals surface area contributed by atoms with E-state index in [0.717, 1.165) is 5.56 Å². The molecule has 2 N–H and O–H groups in total. The Bertz CT molecular complexity index is 1590. The zero-order valence-corrected chi connectivity index (χ0v) is 20.5. The third kappa shape index (κ3) is 4.78. The van der Waals surface area contributed by atoms with Crippen molar-refractivity contribution in [3.8, 4) is 33.8 Å². The number of hydrogen-bond acceptors (Lipinski definition) is 11. The first-order valence-corrected chi connectivity index (χ1v) is 11.7. The summed E-state index contributed by atoms with van der Waals surface area (Å²) < 4.78 is 6.29. The Morgan fingerprint density at radius 1 is 1.03 bits per heavy atom. The first-order chi connectivity index (χ1) is 17.5. The van der Waals surface area contributed by atoms with Crippen LogP contribution in [-0.4, -0.2) is 42.3 Å². The van der Waals surface area contributed by atoms with Crippen LogP contribution < -0.4 is 15.4 Å². The number of para-hydroxylation sites is 1. The summed E-state index contributed by atoms with van der Waals surface area (Å²) in [5.41, 5.74) is 3.08. The van der Waals surface area contributed by atoms with Gasteiger partial charge >= 0.3 is 0 Å². The van der Waals surface area contributed by atoms with Gasteiger partial charge in [0, 0.05) is 12.3 Å². The van der Waals surface area contributed by atoms with E-state index in [-0.39, 0.29) is 0 Å². The number of benzene rings is 1. The van der Waals surface area contributed by atoms with Gasteiger partial charge in [-0.3, -0.25) is 0 Å². The van der Waals surface area contributed by atoms with Crippen LogP contribution in [0.25, 0.3) is 22.0 Å². The maximum atomic E-state index is 9.15. The number of aryl methyl sites for hydroxylation is 1. The Kier molecular flexibility index (Phi) is 6.40. The summed E-state index contributed by atoms with van der Waals surface area (Å²) in [6.07, 6.45) is 3.28. The van der Waals surface area contributed by atoms with Gasteiger partial charge in [-0.05, 0) is 29.5 Å². The summed E-state index contributed by atoms with van der Waals surface area (Å²) >= 11 is 7.49. The molecule has 0 saturated carbocycles. The number of anilines is 4.